The SMILES string of the molecule is CCCCOc1ccc(/C=C2\SC(=S)N(c3ccc(F)c(Cl)c3)C2=O)cc1OCC. The number of ether oxygens (including phenoxy) is 2. The molecule has 0 N–H and O–H groups in total. The quantitative estimate of drug-likeness (QED) is 0.254. The molecule has 1 saturated heterocycles. The maximum Gasteiger partial charge on any atom is 0.270 e. The summed E-state index contributed by atoms with van der Waals surface area (Å²) in [5, 5.41) is -0.0643. The van der Waals surface area contributed by atoms with E-state index < -0.39 is 5.82 Å². The van der Waals surface area contributed by atoms with Crippen LogP contribution in [-0.2, 0) is 4.79 Å². The molecule has 1 heterocycles. The number of unbranched alkanes of at least 4 members (excludes halogenated alkanes) is 1. The molecule has 1 aliphatic rings. The lowest BCUT2D eigenvalue weighted by Gasteiger charge is -2.15. The van der Waals surface area contributed by atoms with Crippen molar-refractivity contribution >= 4 is 57.6 Å². The van der Waals surface area contributed by atoms with Crippen molar-refractivity contribution in [3.63, 3.8) is 0 Å². The maximum atomic E-state index is 13.5. The van der Waals surface area contributed by atoms with Crippen molar-refractivity contribution in [3.8, 4) is 11.5 Å². The topological polar surface area (TPSA) is 38.8 Å². The van der Waals surface area contributed by atoms with Gasteiger partial charge in [0.25, 0.3) is 5.91 Å². The zero-order chi connectivity index (χ0) is 21.7. The third-order valence-corrected chi connectivity index (χ3v) is 5.87. The fourth-order valence-corrected chi connectivity index (χ4v) is 4.27. The summed E-state index contributed by atoms with van der Waals surface area (Å²) in [4.78, 5) is 14.7. The van der Waals surface area contributed by atoms with E-state index in [0.29, 0.717) is 39.6 Å². The number of carbonyl (C=O) groups excluding carboxylic acids is 1. The van der Waals surface area contributed by atoms with Gasteiger partial charge in [-0.25, -0.2) is 4.39 Å². The lowest BCUT2D eigenvalue weighted by molar-refractivity contribution is -0.113. The molecule has 0 bridgehead atoms. The molecule has 0 aromatic heterocycles. The first-order valence-electron chi connectivity index (χ1n) is 9.57. The van der Waals surface area contributed by atoms with Crippen molar-refractivity contribution < 1.29 is 18.7 Å². The predicted molar refractivity (Wildman–Crippen MR) is 125 cm³/mol. The summed E-state index contributed by atoms with van der Waals surface area (Å²) >= 11 is 12.4. The molecule has 0 saturated carbocycles. The Balaban J connectivity index is 1.85. The first-order valence-corrected chi connectivity index (χ1v) is 11.2. The van der Waals surface area contributed by atoms with Crippen LogP contribution in [-0.4, -0.2) is 23.4 Å². The molecule has 0 spiro atoms. The fourth-order valence-electron chi connectivity index (χ4n) is 2.79. The Hall–Kier alpha value is -2.09. The van der Waals surface area contributed by atoms with E-state index in [1.807, 2.05) is 25.1 Å². The van der Waals surface area contributed by atoms with Crippen LogP contribution in [0.4, 0.5) is 10.1 Å². The second-order valence-corrected chi connectivity index (χ2v) is 8.54. The largest absolute Gasteiger partial charge is 0.490 e. The highest BCUT2D eigenvalue weighted by Crippen LogP contribution is 2.38. The molecule has 2 aromatic rings. The van der Waals surface area contributed by atoms with Gasteiger partial charge in [-0.1, -0.05) is 55.0 Å². The minimum atomic E-state index is -0.550. The summed E-state index contributed by atoms with van der Waals surface area (Å²) in [6, 6.07) is 9.63. The molecule has 4 nitrogen and oxygen atoms in total. The number of hydrogen-bond donors (Lipinski definition) is 0. The molecule has 0 unspecified atom stereocenters. The van der Waals surface area contributed by atoms with Crippen LogP contribution >= 0.6 is 35.6 Å². The van der Waals surface area contributed by atoms with Gasteiger partial charge in [-0.2, -0.15) is 0 Å². The summed E-state index contributed by atoms with van der Waals surface area (Å²) in [5.74, 6) is 0.471. The van der Waals surface area contributed by atoms with Gasteiger partial charge in [0.2, 0.25) is 0 Å². The van der Waals surface area contributed by atoms with Crippen molar-refractivity contribution in [3.05, 3.63) is 57.7 Å². The maximum absolute atomic E-state index is 13.5. The van der Waals surface area contributed by atoms with E-state index in [4.69, 9.17) is 33.3 Å². The molecule has 0 radical (unpaired) electrons. The van der Waals surface area contributed by atoms with Crippen LogP contribution in [0.2, 0.25) is 5.02 Å². The number of anilines is 1. The van der Waals surface area contributed by atoms with Crippen LogP contribution in [0.25, 0.3) is 6.08 Å². The summed E-state index contributed by atoms with van der Waals surface area (Å²) in [5.41, 5.74) is 1.22. The van der Waals surface area contributed by atoms with Crippen LogP contribution in [0.3, 0.4) is 0 Å². The molecular weight excluding hydrogens is 445 g/mol. The van der Waals surface area contributed by atoms with E-state index in [1.54, 1.807) is 6.08 Å². The first kappa shape index (κ1) is 22.6. The highest BCUT2D eigenvalue weighted by molar-refractivity contribution is 8.27. The summed E-state index contributed by atoms with van der Waals surface area (Å²) in [6.07, 6.45) is 3.76. The van der Waals surface area contributed by atoms with Gasteiger partial charge in [0.15, 0.2) is 15.8 Å². The number of carbonyl (C=O) groups is 1. The summed E-state index contributed by atoms with van der Waals surface area (Å²) in [7, 11) is 0. The predicted octanol–water partition coefficient (Wildman–Crippen LogP) is 6.46. The number of amides is 1. The molecule has 30 heavy (non-hydrogen) atoms. The molecule has 0 atom stereocenters. The molecule has 1 aliphatic heterocycles. The minimum absolute atomic E-state index is 0.0643. The zero-order valence-electron chi connectivity index (χ0n) is 16.6. The molecule has 0 aliphatic carbocycles. The van der Waals surface area contributed by atoms with Gasteiger partial charge in [-0.15, -0.1) is 0 Å². The minimum Gasteiger partial charge on any atom is -0.490 e. The van der Waals surface area contributed by atoms with Crippen molar-refractivity contribution in [2.24, 2.45) is 0 Å². The first-order chi connectivity index (χ1) is 14.4. The van der Waals surface area contributed by atoms with Crippen LogP contribution < -0.4 is 14.4 Å². The van der Waals surface area contributed by atoms with Gasteiger partial charge in [-0.3, -0.25) is 9.69 Å². The zero-order valence-corrected chi connectivity index (χ0v) is 19.0. The molecule has 8 heteroatoms. The second kappa shape index (κ2) is 10.3. The average Bonchev–Trinajstić information content (AvgIpc) is 2.99. The molecule has 158 valence electrons. The van der Waals surface area contributed by atoms with Crippen LogP contribution in [0.15, 0.2) is 41.3 Å². The molecule has 1 amide bonds. The lowest BCUT2D eigenvalue weighted by atomic mass is 10.1. The van der Waals surface area contributed by atoms with E-state index >= 15 is 0 Å². The van der Waals surface area contributed by atoms with Gasteiger partial charge < -0.3 is 9.47 Å². The fraction of sp³-hybridized carbons (Fsp3) is 0.273. The van der Waals surface area contributed by atoms with Gasteiger partial charge in [0.1, 0.15) is 5.82 Å². The van der Waals surface area contributed by atoms with Crippen molar-refractivity contribution in [2.45, 2.75) is 26.7 Å². The van der Waals surface area contributed by atoms with Gasteiger partial charge in [0, 0.05) is 0 Å². The number of rotatable bonds is 8. The van der Waals surface area contributed by atoms with Crippen LogP contribution in [0.1, 0.15) is 32.3 Å². The Morgan fingerprint density at radius 2 is 1.97 bits per heavy atom. The lowest BCUT2D eigenvalue weighted by Crippen LogP contribution is -2.27. The van der Waals surface area contributed by atoms with E-state index in [9.17, 15) is 9.18 Å². The number of thioether (sulfide) groups is 1. The average molecular weight is 466 g/mol. The van der Waals surface area contributed by atoms with E-state index in [1.165, 1.54) is 34.9 Å². The molecule has 2 aromatic carbocycles. The second-order valence-electron chi connectivity index (χ2n) is 6.46. The van der Waals surface area contributed by atoms with Crippen LogP contribution in [0.5, 0.6) is 11.5 Å². The van der Waals surface area contributed by atoms with Crippen LogP contribution in [0, 0.1) is 5.82 Å². The highest BCUT2D eigenvalue weighted by Gasteiger charge is 2.33. The van der Waals surface area contributed by atoms with Crippen molar-refractivity contribution in [1.82, 2.24) is 0 Å². The van der Waals surface area contributed by atoms with Crippen molar-refractivity contribution in [1.29, 1.82) is 0 Å². The Morgan fingerprint density at radius 3 is 2.67 bits per heavy atom. The van der Waals surface area contributed by atoms with Gasteiger partial charge in [-0.05, 0) is 55.3 Å². The molecule has 1 fully saturated rings. The Morgan fingerprint density at radius 1 is 1.17 bits per heavy atom. The van der Waals surface area contributed by atoms with E-state index in [-0.39, 0.29) is 10.9 Å². The number of halogens is 2. The Labute approximate surface area is 190 Å². The van der Waals surface area contributed by atoms with Crippen molar-refractivity contribution in [2.75, 3.05) is 18.1 Å². The summed E-state index contributed by atoms with van der Waals surface area (Å²) in [6.45, 7) is 5.13. The number of hydrogen-bond acceptors (Lipinski definition) is 5. The smallest absolute Gasteiger partial charge is 0.270 e. The monoisotopic (exact) mass is 465 g/mol. The van der Waals surface area contributed by atoms with Gasteiger partial charge in [0.05, 0.1) is 28.8 Å². The molecular formula is C22H21ClFNO3S2. The standard InChI is InChI=1S/C22H21ClFNO3S2/c1-3-5-10-28-18-9-6-14(11-19(18)27-4-2)12-20-21(26)25(22(29)30-20)15-7-8-17(24)16(23)13-15/h6-9,11-13H,3-5,10H2,1-2H3/b20-12-. The van der Waals surface area contributed by atoms with E-state index in [2.05, 4.69) is 6.92 Å². The number of thiocarbonyl (C=S) groups is 1. The Bertz CT molecular complexity index is 996. The van der Waals surface area contributed by atoms with E-state index in [0.717, 1.165) is 18.4 Å². The normalized spacial score (nSPS) is 15.2. The Kier molecular flexibility index (Phi) is 7.75. The number of nitrogens with zero attached hydrogens (tertiary/aromatic N) is 1. The third-order valence-electron chi connectivity index (χ3n) is 4.28. The summed E-state index contributed by atoms with van der Waals surface area (Å²) < 4.78 is 25.3. The third kappa shape index (κ3) is 5.14. The molecule has 3 rings (SSSR count). The highest BCUT2D eigenvalue weighted by atomic mass is 35.5. The number of benzene rings is 2. The van der Waals surface area contributed by atoms with Gasteiger partial charge >= 0.3 is 0 Å².